The third-order valence-electron chi connectivity index (χ3n) is 2.67. The topological polar surface area (TPSA) is 9.23 Å². The molecular formula is C14H8BrCl2F3O. The summed E-state index contributed by atoms with van der Waals surface area (Å²) in [7, 11) is 0. The molecular weight excluding hydrogens is 392 g/mol. The van der Waals surface area contributed by atoms with Crippen LogP contribution >= 0.6 is 39.1 Å². The Morgan fingerprint density at radius 2 is 1.81 bits per heavy atom. The van der Waals surface area contributed by atoms with Crippen molar-refractivity contribution in [1.82, 2.24) is 0 Å². The number of rotatable bonds is 3. The number of alkyl halides is 4. The summed E-state index contributed by atoms with van der Waals surface area (Å²) >= 11 is 14.8. The van der Waals surface area contributed by atoms with Crippen molar-refractivity contribution in [1.29, 1.82) is 0 Å². The molecule has 0 heterocycles. The molecule has 0 fully saturated rings. The minimum atomic E-state index is -4.46. The zero-order chi connectivity index (χ0) is 15.6. The van der Waals surface area contributed by atoms with Gasteiger partial charge in [-0.3, -0.25) is 0 Å². The van der Waals surface area contributed by atoms with Gasteiger partial charge in [0.05, 0.1) is 10.6 Å². The maximum atomic E-state index is 13.0. The van der Waals surface area contributed by atoms with Crippen molar-refractivity contribution >= 4 is 39.1 Å². The average Bonchev–Trinajstić information content (AvgIpc) is 2.43. The molecule has 0 N–H and O–H groups in total. The molecule has 0 amide bonds. The second-order valence-electron chi connectivity index (χ2n) is 4.10. The Morgan fingerprint density at radius 1 is 1.10 bits per heavy atom. The molecule has 0 saturated heterocycles. The van der Waals surface area contributed by atoms with Crippen molar-refractivity contribution in [3.05, 3.63) is 57.6 Å². The molecule has 0 aromatic heterocycles. The average molecular weight is 400 g/mol. The highest BCUT2D eigenvalue weighted by Crippen LogP contribution is 2.38. The number of halogens is 6. The van der Waals surface area contributed by atoms with Gasteiger partial charge in [0.2, 0.25) is 0 Å². The van der Waals surface area contributed by atoms with Gasteiger partial charge < -0.3 is 4.74 Å². The largest absolute Gasteiger partial charge is 0.456 e. The molecule has 2 aromatic rings. The zero-order valence-corrected chi connectivity index (χ0v) is 13.4. The normalized spacial score (nSPS) is 11.5. The second kappa shape index (κ2) is 6.46. The van der Waals surface area contributed by atoms with Gasteiger partial charge in [-0.2, -0.15) is 13.2 Å². The lowest BCUT2D eigenvalue weighted by atomic mass is 10.1. The van der Waals surface area contributed by atoms with E-state index in [-0.39, 0.29) is 32.4 Å². The Balaban J connectivity index is 2.40. The van der Waals surface area contributed by atoms with Gasteiger partial charge in [0, 0.05) is 5.33 Å². The fourth-order valence-corrected chi connectivity index (χ4v) is 2.51. The Labute approximate surface area is 137 Å². The van der Waals surface area contributed by atoms with Crippen molar-refractivity contribution in [2.75, 3.05) is 0 Å². The molecule has 2 aromatic carbocycles. The molecule has 21 heavy (non-hydrogen) atoms. The van der Waals surface area contributed by atoms with Crippen LogP contribution in [0.25, 0.3) is 0 Å². The number of ether oxygens (including phenoxy) is 1. The monoisotopic (exact) mass is 398 g/mol. The Bertz CT molecular complexity index is 659. The maximum absolute atomic E-state index is 13.0. The van der Waals surface area contributed by atoms with Crippen molar-refractivity contribution in [3.8, 4) is 11.5 Å². The number of benzene rings is 2. The van der Waals surface area contributed by atoms with E-state index in [0.29, 0.717) is 0 Å². The lowest BCUT2D eigenvalue weighted by Gasteiger charge is -2.14. The van der Waals surface area contributed by atoms with E-state index in [9.17, 15) is 13.2 Å². The summed E-state index contributed by atoms with van der Waals surface area (Å²) in [5.74, 6) is 0.236. The minimum Gasteiger partial charge on any atom is -0.456 e. The van der Waals surface area contributed by atoms with E-state index in [1.54, 1.807) is 12.1 Å². The van der Waals surface area contributed by atoms with Gasteiger partial charge in [-0.25, -0.2) is 0 Å². The van der Waals surface area contributed by atoms with Crippen LogP contribution in [0.5, 0.6) is 11.5 Å². The van der Waals surface area contributed by atoms with Crippen LogP contribution in [-0.2, 0) is 11.5 Å². The molecule has 0 aliphatic carbocycles. The highest BCUT2D eigenvalue weighted by atomic mass is 79.9. The first kappa shape index (κ1) is 16.5. The quantitative estimate of drug-likeness (QED) is 0.521. The Hall–Kier alpha value is -0.910. The van der Waals surface area contributed by atoms with Crippen LogP contribution in [0.2, 0.25) is 10.0 Å². The summed E-state index contributed by atoms with van der Waals surface area (Å²) in [6, 6.07) is 8.43. The Kier molecular flexibility index (Phi) is 5.07. The molecule has 0 bridgehead atoms. The van der Waals surface area contributed by atoms with Gasteiger partial charge in [0.1, 0.15) is 16.5 Å². The first-order valence-corrected chi connectivity index (χ1v) is 7.58. The SMILES string of the molecule is FC(F)(F)c1cc(Oc2cccc(Cl)c2Cl)ccc1CBr. The molecule has 0 saturated carbocycles. The maximum Gasteiger partial charge on any atom is 0.416 e. The smallest absolute Gasteiger partial charge is 0.416 e. The van der Waals surface area contributed by atoms with E-state index in [0.717, 1.165) is 6.07 Å². The van der Waals surface area contributed by atoms with E-state index in [2.05, 4.69) is 15.9 Å². The lowest BCUT2D eigenvalue weighted by molar-refractivity contribution is -0.138. The van der Waals surface area contributed by atoms with E-state index < -0.39 is 11.7 Å². The Morgan fingerprint density at radius 3 is 2.43 bits per heavy atom. The molecule has 0 unspecified atom stereocenters. The molecule has 0 atom stereocenters. The first-order chi connectivity index (χ1) is 9.82. The van der Waals surface area contributed by atoms with Crippen LogP contribution in [0.3, 0.4) is 0 Å². The summed E-state index contributed by atoms with van der Waals surface area (Å²) in [4.78, 5) is 0. The molecule has 1 nitrogen and oxygen atoms in total. The highest BCUT2D eigenvalue weighted by Gasteiger charge is 2.33. The van der Waals surface area contributed by atoms with Gasteiger partial charge >= 0.3 is 6.18 Å². The zero-order valence-electron chi connectivity index (χ0n) is 10.3. The molecule has 112 valence electrons. The molecule has 0 spiro atoms. The number of hydrogen-bond donors (Lipinski definition) is 0. The van der Waals surface area contributed by atoms with Gasteiger partial charge in [0.25, 0.3) is 0 Å². The minimum absolute atomic E-state index is 0.0381. The van der Waals surface area contributed by atoms with E-state index in [1.807, 2.05) is 0 Å². The summed E-state index contributed by atoms with van der Waals surface area (Å²) < 4.78 is 44.3. The predicted octanol–water partition coefficient (Wildman–Crippen LogP) is 6.70. The fraction of sp³-hybridized carbons (Fsp3) is 0.143. The van der Waals surface area contributed by atoms with E-state index in [1.165, 1.54) is 18.2 Å². The van der Waals surface area contributed by atoms with Gasteiger partial charge in [0.15, 0.2) is 0 Å². The third kappa shape index (κ3) is 3.84. The fourth-order valence-electron chi connectivity index (χ4n) is 1.69. The second-order valence-corrected chi connectivity index (χ2v) is 5.45. The standard InChI is InChI=1S/C14H8BrCl2F3O/c15-7-8-4-5-9(6-10(8)14(18,19)20)21-12-3-1-2-11(16)13(12)17/h1-6H,7H2. The summed E-state index contributed by atoms with van der Waals surface area (Å²) in [6.45, 7) is 0. The van der Waals surface area contributed by atoms with Crippen molar-refractivity contribution in [2.24, 2.45) is 0 Å². The lowest BCUT2D eigenvalue weighted by Crippen LogP contribution is -2.08. The molecule has 0 radical (unpaired) electrons. The van der Waals surface area contributed by atoms with Crippen molar-refractivity contribution in [3.63, 3.8) is 0 Å². The van der Waals surface area contributed by atoms with E-state index >= 15 is 0 Å². The summed E-state index contributed by atoms with van der Waals surface area (Å²) in [5.41, 5.74) is -0.623. The van der Waals surface area contributed by atoms with Crippen LogP contribution in [0.4, 0.5) is 13.2 Å². The van der Waals surface area contributed by atoms with Gasteiger partial charge in [-0.15, -0.1) is 0 Å². The van der Waals surface area contributed by atoms with Crippen LogP contribution in [0.1, 0.15) is 11.1 Å². The third-order valence-corrected chi connectivity index (χ3v) is 4.08. The van der Waals surface area contributed by atoms with Gasteiger partial charge in [-0.05, 0) is 29.8 Å². The summed E-state index contributed by atoms with van der Waals surface area (Å²) in [5, 5.41) is 0.514. The van der Waals surface area contributed by atoms with Crippen LogP contribution in [0.15, 0.2) is 36.4 Å². The molecule has 2 rings (SSSR count). The van der Waals surface area contributed by atoms with Crippen molar-refractivity contribution in [2.45, 2.75) is 11.5 Å². The predicted molar refractivity (Wildman–Crippen MR) is 80.6 cm³/mol. The van der Waals surface area contributed by atoms with E-state index in [4.69, 9.17) is 27.9 Å². The molecule has 0 aliphatic heterocycles. The highest BCUT2D eigenvalue weighted by molar-refractivity contribution is 9.08. The summed E-state index contributed by atoms with van der Waals surface area (Å²) in [6.07, 6.45) is -4.46. The molecule has 0 aliphatic rings. The van der Waals surface area contributed by atoms with Crippen LogP contribution in [-0.4, -0.2) is 0 Å². The number of hydrogen-bond acceptors (Lipinski definition) is 1. The first-order valence-electron chi connectivity index (χ1n) is 5.71. The van der Waals surface area contributed by atoms with Crippen molar-refractivity contribution < 1.29 is 17.9 Å². The van der Waals surface area contributed by atoms with Crippen LogP contribution < -0.4 is 4.74 Å². The van der Waals surface area contributed by atoms with Gasteiger partial charge in [-0.1, -0.05) is 51.3 Å². The van der Waals surface area contributed by atoms with Crippen LogP contribution in [0, 0.1) is 0 Å². The molecule has 7 heteroatoms.